The summed E-state index contributed by atoms with van der Waals surface area (Å²) in [7, 11) is 2.13. The van der Waals surface area contributed by atoms with Crippen LogP contribution in [0.5, 0.6) is 0 Å². The van der Waals surface area contributed by atoms with E-state index in [9.17, 15) is 4.79 Å². The van der Waals surface area contributed by atoms with Crippen LogP contribution in [0.15, 0.2) is 0 Å². The van der Waals surface area contributed by atoms with E-state index in [0.717, 1.165) is 13.1 Å². The lowest BCUT2D eigenvalue weighted by atomic mass is 10.0. The molecule has 17 heavy (non-hydrogen) atoms. The highest BCUT2D eigenvalue weighted by atomic mass is 16.1. The van der Waals surface area contributed by atoms with Crippen LogP contribution < -0.4 is 11.1 Å². The zero-order valence-corrected chi connectivity index (χ0v) is 11.4. The molecule has 1 amide bonds. The van der Waals surface area contributed by atoms with Crippen molar-refractivity contribution < 1.29 is 4.79 Å². The van der Waals surface area contributed by atoms with E-state index in [0.29, 0.717) is 18.4 Å². The molecule has 0 bridgehead atoms. The first-order valence-corrected chi connectivity index (χ1v) is 6.73. The predicted octanol–water partition coefficient (Wildman–Crippen LogP) is 0.960. The molecule has 1 aliphatic heterocycles. The Morgan fingerprint density at radius 3 is 2.76 bits per heavy atom. The standard InChI is InChI=1S/C13H27N3O/c1-10(2)12(14)8-13(17)15-9-11-6-4-5-7-16(11)3/h10-12H,4-9,14H2,1-3H3,(H,15,17). The van der Waals surface area contributed by atoms with E-state index in [1.54, 1.807) is 0 Å². The molecular weight excluding hydrogens is 214 g/mol. The summed E-state index contributed by atoms with van der Waals surface area (Å²) in [6.45, 7) is 6.01. The summed E-state index contributed by atoms with van der Waals surface area (Å²) in [5, 5.41) is 3.01. The van der Waals surface area contributed by atoms with Gasteiger partial charge in [0, 0.05) is 25.0 Å². The highest BCUT2D eigenvalue weighted by Crippen LogP contribution is 2.14. The second-order valence-corrected chi connectivity index (χ2v) is 5.55. The summed E-state index contributed by atoms with van der Waals surface area (Å²) < 4.78 is 0. The normalized spacial score (nSPS) is 23.7. The fraction of sp³-hybridized carbons (Fsp3) is 0.923. The molecule has 0 aromatic carbocycles. The van der Waals surface area contributed by atoms with Crippen LogP contribution in [0.25, 0.3) is 0 Å². The number of nitrogens with zero attached hydrogens (tertiary/aromatic N) is 1. The van der Waals surface area contributed by atoms with Crippen molar-refractivity contribution in [3.63, 3.8) is 0 Å². The monoisotopic (exact) mass is 241 g/mol. The molecule has 1 fully saturated rings. The minimum atomic E-state index is -0.0286. The Labute approximate surface area is 105 Å². The van der Waals surface area contributed by atoms with Crippen LogP contribution in [0.1, 0.15) is 39.5 Å². The lowest BCUT2D eigenvalue weighted by Gasteiger charge is -2.32. The molecule has 4 nitrogen and oxygen atoms in total. The van der Waals surface area contributed by atoms with Gasteiger partial charge in [-0.25, -0.2) is 0 Å². The fourth-order valence-electron chi connectivity index (χ4n) is 2.16. The van der Waals surface area contributed by atoms with E-state index in [2.05, 4.69) is 17.3 Å². The van der Waals surface area contributed by atoms with Gasteiger partial charge in [-0.05, 0) is 32.4 Å². The third kappa shape index (κ3) is 5.04. The van der Waals surface area contributed by atoms with Crippen molar-refractivity contribution in [1.29, 1.82) is 0 Å². The summed E-state index contributed by atoms with van der Waals surface area (Å²) in [5.74, 6) is 0.447. The number of likely N-dealkylation sites (N-methyl/N-ethyl adjacent to an activating group) is 1. The lowest BCUT2D eigenvalue weighted by Crippen LogP contribution is -2.45. The molecule has 2 atom stereocenters. The molecule has 0 radical (unpaired) electrons. The highest BCUT2D eigenvalue weighted by molar-refractivity contribution is 5.76. The first-order valence-electron chi connectivity index (χ1n) is 6.73. The van der Waals surface area contributed by atoms with Crippen LogP contribution in [-0.2, 0) is 4.79 Å². The Kier molecular flexibility index (Phi) is 5.92. The molecule has 0 aliphatic carbocycles. The molecule has 4 heteroatoms. The Balaban J connectivity index is 2.23. The minimum absolute atomic E-state index is 0.0286. The maximum absolute atomic E-state index is 11.7. The smallest absolute Gasteiger partial charge is 0.221 e. The van der Waals surface area contributed by atoms with Gasteiger partial charge in [0.25, 0.3) is 0 Å². The quantitative estimate of drug-likeness (QED) is 0.754. The van der Waals surface area contributed by atoms with Crippen molar-refractivity contribution in [2.75, 3.05) is 20.1 Å². The molecule has 3 N–H and O–H groups in total. The Morgan fingerprint density at radius 1 is 1.47 bits per heavy atom. The highest BCUT2D eigenvalue weighted by Gasteiger charge is 2.20. The summed E-state index contributed by atoms with van der Waals surface area (Å²) in [6.07, 6.45) is 4.18. The molecule has 0 saturated carbocycles. The number of rotatable bonds is 5. The van der Waals surface area contributed by atoms with Gasteiger partial charge in [0.05, 0.1) is 0 Å². The summed E-state index contributed by atoms with van der Waals surface area (Å²) >= 11 is 0. The first-order chi connectivity index (χ1) is 8.00. The van der Waals surface area contributed by atoms with Gasteiger partial charge in [0.2, 0.25) is 5.91 Å². The largest absolute Gasteiger partial charge is 0.354 e. The van der Waals surface area contributed by atoms with Crippen molar-refractivity contribution in [3.05, 3.63) is 0 Å². The number of hydrogen-bond acceptors (Lipinski definition) is 3. The van der Waals surface area contributed by atoms with Crippen molar-refractivity contribution in [2.45, 2.75) is 51.6 Å². The molecule has 2 unspecified atom stereocenters. The third-order valence-electron chi connectivity index (χ3n) is 3.73. The fourth-order valence-corrected chi connectivity index (χ4v) is 2.16. The number of likely N-dealkylation sites (tertiary alicyclic amines) is 1. The molecule has 1 heterocycles. The van der Waals surface area contributed by atoms with Crippen LogP contribution in [0.4, 0.5) is 0 Å². The number of carbonyl (C=O) groups excluding carboxylic acids is 1. The summed E-state index contributed by atoms with van der Waals surface area (Å²) in [6, 6.07) is 0.474. The zero-order valence-electron chi connectivity index (χ0n) is 11.4. The van der Waals surface area contributed by atoms with E-state index in [4.69, 9.17) is 5.73 Å². The Hall–Kier alpha value is -0.610. The van der Waals surface area contributed by atoms with Gasteiger partial charge in [-0.1, -0.05) is 20.3 Å². The number of hydrogen-bond donors (Lipinski definition) is 2. The van der Waals surface area contributed by atoms with Crippen LogP contribution >= 0.6 is 0 Å². The summed E-state index contributed by atoms with van der Waals surface area (Å²) in [5.41, 5.74) is 5.88. The number of piperidine rings is 1. The van der Waals surface area contributed by atoms with Gasteiger partial charge in [-0.15, -0.1) is 0 Å². The number of nitrogens with two attached hydrogens (primary N) is 1. The van der Waals surface area contributed by atoms with E-state index in [1.165, 1.54) is 19.3 Å². The number of carbonyl (C=O) groups is 1. The lowest BCUT2D eigenvalue weighted by molar-refractivity contribution is -0.121. The predicted molar refractivity (Wildman–Crippen MR) is 70.7 cm³/mol. The second-order valence-electron chi connectivity index (χ2n) is 5.55. The molecule has 1 rings (SSSR count). The van der Waals surface area contributed by atoms with E-state index in [1.807, 2.05) is 13.8 Å². The van der Waals surface area contributed by atoms with Crippen molar-refractivity contribution in [2.24, 2.45) is 11.7 Å². The first kappa shape index (κ1) is 14.5. The molecular formula is C13H27N3O. The van der Waals surface area contributed by atoms with Gasteiger partial charge in [-0.3, -0.25) is 4.79 Å². The van der Waals surface area contributed by atoms with Crippen LogP contribution in [0, 0.1) is 5.92 Å². The molecule has 0 aromatic heterocycles. The maximum Gasteiger partial charge on any atom is 0.221 e. The summed E-state index contributed by atoms with van der Waals surface area (Å²) in [4.78, 5) is 14.0. The van der Waals surface area contributed by atoms with Gasteiger partial charge in [0.15, 0.2) is 0 Å². The van der Waals surface area contributed by atoms with Gasteiger partial charge in [0.1, 0.15) is 0 Å². The SMILES string of the molecule is CC(C)C(N)CC(=O)NCC1CCCCN1C. The Bertz CT molecular complexity index is 243. The van der Waals surface area contributed by atoms with Gasteiger partial charge >= 0.3 is 0 Å². The molecule has 0 aromatic rings. The van der Waals surface area contributed by atoms with Gasteiger partial charge < -0.3 is 16.0 Å². The molecule has 0 spiro atoms. The van der Waals surface area contributed by atoms with Crippen LogP contribution in [-0.4, -0.2) is 43.0 Å². The Morgan fingerprint density at radius 2 is 2.18 bits per heavy atom. The van der Waals surface area contributed by atoms with Crippen LogP contribution in [0.2, 0.25) is 0 Å². The van der Waals surface area contributed by atoms with E-state index in [-0.39, 0.29) is 11.9 Å². The average Bonchev–Trinajstić information content (AvgIpc) is 2.27. The van der Waals surface area contributed by atoms with E-state index >= 15 is 0 Å². The molecule has 1 aliphatic rings. The van der Waals surface area contributed by atoms with Crippen molar-refractivity contribution in [1.82, 2.24) is 10.2 Å². The maximum atomic E-state index is 11.7. The third-order valence-corrected chi connectivity index (χ3v) is 3.73. The van der Waals surface area contributed by atoms with Crippen LogP contribution in [0.3, 0.4) is 0 Å². The second kappa shape index (κ2) is 6.97. The average molecular weight is 241 g/mol. The minimum Gasteiger partial charge on any atom is -0.354 e. The van der Waals surface area contributed by atoms with Crippen molar-refractivity contribution >= 4 is 5.91 Å². The van der Waals surface area contributed by atoms with E-state index < -0.39 is 0 Å². The number of nitrogens with one attached hydrogen (secondary N) is 1. The topological polar surface area (TPSA) is 58.4 Å². The molecule has 100 valence electrons. The molecule has 1 saturated heterocycles. The number of amides is 1. The van der Waals surface area contributed by atoms with Gasteiger partial charge in [-0.2, -0.15) is 0 Å². The van der Waals surface area contributed by atoms with Crippen molar-refractivity contribution in [3.8, 4) is 0 Å². The zero-order chi connectivity index (χ0) is 12.8.